The molecular weight excluding hydrogens is 441 g/mol. The number of benzene rings is 2. The molecule has 2 heterocycles. The second-order valence-electron chi connectivity index (χ2n) is 7.41. The minimum absolute atomic E-state index is 0.0582. The predicted molar refractivity (Wildman–Crippen MR) is 115 cm³/mol. The van der Waals surface area contributed by atoms with Gasteiger partial charge < -0.3 is 9.80 Å². The molecule has 0 unspecified atom stereocenters. The molecule has 1 fully saturated rings. The number of thioether (sulfide) groups is 1. The normalized spacial score (nSPS) is 14.6. The van der Waals surface area contributed by atoms with E-state index in [0.29, 0.717) is 37.0 Å². The number of piperazine rings is 1. The maximum absolute atomic E-state index is 13.0. The molecule has 0 atom stereocenters. The number of hydrogen-bond acceptors (Lipinski definition) is 6. The van der Waals surface area contributed by atoms with Crippen LogP contribution >= 0.6 is 11.8 Å². The molecular formula is C21H21F3N6OS. The maximum Gasteiger partial charge on any atom is 0.416 e. The third kappa shape index (κ3) is 5.04. The van der Waals surface area contributed by atoms with Crippen LogP contribution in [0.25, 0.3) is 5.69 Å². The van der Waals surface area contributed by atoms with Gasteiger partial charge in [-0.2, -0.15) is 17.9 Å². The molecule has 4 rings (SSSR count). The molecule has 32 heavy (non-hydrogen) atoms. The van der Waals surface area contributed by atoms with Crippen molar-refractivity contribution < 1.29 is 18.0 Å². The summed E-state index contributed by atoms with van der Waals surface area (Å²) in [5, 5.41) is 12.2. The summed E-state index contributed by atoms with van der Waals surface area (Å²) in [5.74, 6) is 0.118. The van der Waals surface area contributed by atoms with E-state index >= 15 is 0 Å². The van der Waals surface area contributed by atoms with Gasteiger partial charge in [-0.15, -0.1) is 5.10 Å². The van der Waals surface area contributed by atoms with E-state index in [0.717, 1.165) is 23.4 Å². The highest BCUT2D eigenvalue weighted by atomic mass is 32.2. The van der Waals surface area contributed by atoms with Crippen LogP contribution in [0.5, 0.6) is 0 Å². The summed E-state index contributed by atoms with van der Waals surface area (Å²) in [6.07, 6.45) is -4.38. The molecule has 11 heteroatoms. The topological polar surface area (TPSA) is 67.2 Å². The number of alkyl halides is 3. The highest BCUT2D eigenvalue weighted by molar-refractivity contribution is 7.99. The summed E-state index contributed by atoms with van der Waals surface area (Å²) in [6, 6.07) is 13.0. The SMILES string of the molecule is Cc1ccc(-n2nnnc2SCC(=O)N2CCN(c3cccc(C(F)(F)F)c3)CC2)cc1. The van der Waals surface area contributed by atoms with Crippen LogP contribution in [0.2, 0.25) is 0 Å². The van der Waals surface area contributed by atoms with E-state index in [-0.39, 0.29) is 11.7 Å². The van der Waals surface area contributed by atoms with Crippen LogP contribution in [0.3, 0.4) is 0 Å². The van der Waals surface area contributed by atoms with Gasteiger partial charge in [0.25, 0.3) is 0 Å². The van der Waals surface area contributed by atoms with Crippen LogP contribution in [-0.2, 0) is 11.0 Å². The van der Waals surface area contributed by atoms with Crippen molar-refractivity contribution in [3.8, 4) is 5.69 Å². The lowest BCUT2D eigenvalue weighted by Gasteiger charge is -2.36. The summed E-state index contributed by atoms with van der Waals surface area (Å²) in [6.45, 7) is 3.82. The molecule has 0 radical (unpaired) electrons. The van der Waals surface area contributed by atoms with Crippen LogP contribution in [0.1, 0.15) is 11.1 Å². The quantitative estimate of drug-likeness (QED) is 0.542. The van der Waals surface area contributed by atoms with Gasteiger partial charge in [-0.3, -0.25) is 4.79 Å². The first-order valence-electron chi connectivity index (χ1n) is 9.99. The molecule has 7 nitrogen and oxygen atoms in total. The molecule has 1 saturated heterocycles. The van der Waals surface area contributed by atoms with E-state index in [4.69, 9.17) is 0 Å². The third-order valence-corrected chi connectivity index (χ3v) is 6.12. The number of aryl methyl sites for hydroxylation is 1. The smallest absolute Gasteiger partial charge is 0.368 e. The Morgan fingerprint density at radius 3 is 2.44 bits per heavy atom. The van der Waals surface area contributed by atoms with Crippen molar-refractivity contribution in [3.63, 3.8) is 0 Å². The Bertz CT molecular complexity index is 1080. The van der Waals surface area contributed by atoms with Crippen molar-refractivity contribution in [2.24, 2.45) is 0 Å². The number of anilines is 1. The van der Waals surface area contributed by atoms with Gasteiger partial charge in [0.1, 0.15) is 0 Å². The third-order valence-electron chi connectivity index (χ3n) is 5.22. The number of halogens is 3. The second kappa shape index (κ2) is 9.19. The van der Waals surface area contributed by atoms with E-state index in [2.05, 4.69) is 15.5 Å². The van der Waals surface area contributed by atoms with Gasteiger partial charge in [-0.05, 0) is 47.7 Å². The highest BCUT2D eigenvalue weighted by Gasteiger charge is 2.31. The monoisotopic (exact) mass is 462 g/mol. The molecule has 0 bridgehead atoms. The second-order valence-corrected chi connectivity index (χ2v) is 8.36. The lowest BCUT2D eigenvalue weighted by atomic mass is 10.1. The number of rotatable bonds is 5. The van der Waals surface area contributed by atoms with Crippen LogP contribution in [-0.4, -0.2) is 62.9 Å². The Morgan fingerprint density at radius 2 is 1.75 bits per heavy atom. The van der Waals surface area contributed by atoms with Gasteiger partial charge in [0.05, 0.1) is 17.0 Å². The van der Waals surface area contributed by atoms with Gasteiger partial charge in [0, 0.05) is 31.9 Å². The number of tetrazole rings is 1. The lowest BCUT2D eigenvalue weighted by Crippen LogP contribution is -2.49. The molecule has 3 aromatic rings. The maximum atomic E-state index is 13.0. The van der Waals surface area contributed by atoms with Crippen LogP contribution in [0.15, 0.2) is 53.7 Å². The van der Waals surface area contributed by atoms with Crippen molar-refractivity contribution in [2.45, 2.75) is 18.3 Å². The number of carbonyl (C=O) groups excluding carboxylic acids is 1. The van der Waals surface area contributed by atoms with Gasteiger partial charge in [0.2, 0.25) is 11.1 Å². The van der Waals surface area contributed by atoms with Gasteiger partial charge in [-0.25, -0.2) is 0 Å². The predicted octanol–water partition coefficient (Wildman–Crippen LogP) is 3.43. The highest BCUT2D eigenvalue weighted by Crippen LogP contribution is 2.32. The van der Waals surface area contributed by atoms with E-state index in [1.807, 2.05) is 36.1 Å². The van der Waals surface area contributed by atoms with E-state index in [1.165, 1.54) is 17.8 Å². The number of nitrogens with zero attached hydrogens (tertiary/aromatic N) is 6. The van der Waals surface area contributed by atoms with E-state index in [9.17, 15) is 18.0 Å². The van der Waals surface area contributed by atoms with Gasteiger partial charge in [-0.1, -0.05) is 35.5 Å². The number of amides is 1. The van der Waals surface area contributed by atoms with Crippen molar-refractivity contribution in [1.29, 1.82) is 0 Å². The molecule has 2 aromatic carbocycles. The Kier molecular flexibility index (Phi) is 6.35. The molecule has 1 aromatic heterocycles. The van der Waals surface area contributed by atoms with Crippen molar-refractivity contribution in [1.82, 2.24) is 25.1 Å². The summed E-state index contributed by atoms with van der Waals surface area (Å²) >= 11 is 1.25. The fourth-order valence-corrected chi connectivity index (χ4v) is 4.22. The zero-order valence-electron chi connectivity index (χ0n) is 17.3. The fraction of sp³-hybridized carbons (Fsp3) is 0.333. The van der Waals surface area contributed by atoms with E-state index in [1.54, 1.807) is 15.6 Å². The summed E-state index contributed by atoms with van der Waals surface area (Å²) < 4.78 is 40.5. The first-order valence-corrected chi connectivity index (χ1v) is 11.0. The molecule has 1 aliphatic heterocycles. The van der Waals surface area contributed by atoms with Crippen molar-refractivity contribution in [3.05, 3.63) is 59.7 Å². The lowest BCUT2D eigenvalue weighted by molar-refractivity contribution is -0.137. The Labute approximate surface area is 187 Å². The molecule has 0 aliphatic carbocycles. The minimum atomic E-state index is -4.38. The van der Waals surface area contributed by atoms with Crippen LogP contribution < -0.4 is 4.90 Å². The average molecular weight is 463 g/mol. The summed E-state index contributed by atoms with van der Waals surface area (Å²) in [4.78, 5) is 16.3. The Hall–Kier alpha value is -3.08. The number of carbonyl (C=O) groups is 1. The largest absolute Gasteiger partial charge is 0.416 e. The summed E-state index contributed by atoms with van der Waals surface area (Å²) in [5.41, 5.74) is 1.77. The fourth-order valence-electron chi connectivity index (χ4n) is 3.43. The molecule has 0 spiro atoms. The van der Waals surface area contributed by atoms with Gasteiger partial charge in [0.15, 0.2) is 0 Å². The Balaban J connectivity index is 1.32. The van der Waals surface area contributed by atoms with E-state index < -0.39 is 11.7 Å². The zero-order valence-corrected chi connectivity index (χ0v) is 18.1. The molecule has 1 aliphatic rings. The zero-order chi connectivity index (χ0) is 22.7. The molecule has 0 N–H and O–H groups in total. The summed E-state index contributed by atoms with van der Waals surface area (Å²) in [7, 11) is 0. The van der Waals surface area contributed by atoms with Crippen molar-refractivity contribution >= 4 is 23.4 Å². The molecule has 168 valence electrons. The van der Waals surface area contributed by atoms with Gasteiger partial charge >= 0.3 is 6.18 Å². The van der Waals surface area contributed by atoms with Crippen LogP contribution in [0, 0.1) is 6.92 Å². The molecule has 0 saturated carbocycles. The first-order chi connectivity index (χ1) is 15.3. The van der Waals surface area contributed by atoms with Crippen molar-refractivity contribution in [2.75, 3.05) is 36.8 Å². The van der Waals surface area contributed by atoms with Crippen LogP contribution in [0.4, 0.5) is 18.9 Å². The molecule has 1 amide bonds. The number of aromatic nitrogens is 4. The number of hydrogen-bond donors (Lipinski definition) is 0. The Morgan fingerprint density at radius 1 is 1.03 bits per heavy atom. The minimum Gasteiger partial charge on any atom is -0.368 e. The standard InChI is InChI=1S/C21H21F3N6OS/c1-15-5-7-17(8-6-15)30-20(25-26-27-30)32-14-19(31)29-11-9-28(10-12-29)18-4-2-3-16(13-18)21(22,23)24/h2-8,13H,9-12,14H2,1H3. The average Bonchev–Trinajstić information content (AvgIpc) is 3.26. The first kappa shape index (κ1) is 22.1.